The molecule has 5 rings (SSSR count). The van der Waals surface area contributed by atoms with Gasteiger partial charge < -0.3 is 18.9 Å². The van der Waals surface area contributed by atoms with Crippen molar-refractivity contribution >= 4 is 16.0 Å². The molecule has 43 heavy (non-hydrogen) atoms. The summed E-state index contributed by atoms with van der Waals surface area (Å²) in [6.07, 6.45) is 0.679. The Morgan fingerprint density at radius 1 is 0.953 bits per heavy atom. The Labute approximate surface area is 254 Å². The highest BCUT2D eigenvalue weighted by atomic mass is 32.2. The lowest BCUT2D eigenvalue weighted by molar-refractivity contribution is -0.149. The fraction of sp³-hybridized carbons (Fsp3) is 0.424. The first-order valence-electron chi connectivity index (χ1n) is 14.8. The predicted octanol–water partition coefficient (Wildman–Crippen LogP) is 5.15. The molecule has 0 spiro atoms. The van der Waals surface area contributed by atoms with E-state index in [1.54, 1.807) is 30.5 Å². The summed E-state index contributed by atoms with van der Waals surface area (Å²) in [4.78, 5) is 16.2. The molecule has 1 fully saturated rings. The fourth-order valence-corrected chi connectivity index (χ4v) is 7.59. The second-order valence-electron chi connectivity index (χ2n) is 10.9. The number of fused-ring (bicyclic) bond motifs is 1. The molecule has 2 aliphatic rings. The topological polar surface area (TPSA) is 94.6 Å². The lowest BCUT2D eigenvalue weighted by Crippen LogP contribution is -2.40. The van der Waals surface area contributed by atoms with Crippen LogP contribution in [0.4, 0.5) is 0 Å². The standard InChI is InChI=1S/C33H40N2O7S/c1-5-17-35(43(37,38)27-14-7-23(3)8-15-27)19-18-34-21-28(25-11-16-29-30(20-25)42-22-41-29)31(33(36)40-6-2)32(34)24-9-12-26(39-4)13-10-24/h7-16,20,28,31-32H,5-6,17-19,21-22H2,1-4H3/t28-,31-,32+/m1/s1. The van der Waals surface area contributed by atoms with Crippen LogP contribution >= 0.6 is 0 Å². The third-order valence-electron chi connectivity index (χ3n) is 8.21. The molecule has 2 aliphatic heterocycles. The van der Waals surface area contributed by atoms with Crippen molar-refractivity contribution in [1.29, 1.82) is 0 Å². The smallest absolute Gasteiger partial charge is 0.311 e. The van der Waals surface area contributed by atoms with Gasteiger partial charge in [-0.05, 0) is 67.8 Å². The lowest BCUT2D eigenvalue weighted by atomic mass is 9.82. The van der Waals surface area contributed by atoms with E-state index in [0.717, 1.165) is 16.7 Å². The minimum atomic E-state index is -3.71. The highest BCUT2D eigenvalue weighted by Crippen LogP contribution is 2.48. The number of hydrogen-bond donors (Lipinski definition) is 0. The van der Waals surface area contributed by atoms with E-state index in [1.165, 1.54) is 0 Å². The molecule has 0 saturated carbocycles. The van der Waals surface area contributed by atoms with E-state index in [1.807, 2.05) is 68.4 Å². The van der Waals surface area contributed by atoms with Gasteiger partial charge in [0.15, 0.2) is 11.5 Å². The number of carbonyl (C=O) groups excluding carboxylic acids is 1. The molecule has 0 aromatic heterocycles. The highest BCUT2D eigenvalue weighted by molar-refractivity contribution is 7.89. The minimum absolute atomic E-state index is 0.161. The Balaban J connectivity index is 1.50. The fourth-order valence-electron chi connectivity index (χ4n) is 6.07. The molecule has 9 nitrogen and oxygen atoms in total. The maximum atomic E-state index is 13.7. The van der Waals surface area contributed by atoms with Crippen LogP contribution in [0.5, 0.6) is 17.2 Å². The van der Waals surface area contributed by atoms with Crippen LogP contribution in [-0.2, 0) is 19.6 Å². The van der Waals surface area contributed by atoms with Crippen molar-refractivity contribution in [2.75, 3.05) is 46.7 Å². The number of aryl methyl sites for hydroxylation is 1. The summed E-state index contributed by atoms with van der Waals surface area (Å²) in [5.74, 6) is 1.02. The first-order valence-corrected chi connectivity index (χ1v) is 16.2. The van der Waals surface area contributed by atoms with E-state index in [9.17, 15) is 13.2 Å². The van der Waals surface area contributed by atoms with E-state index >= 15 is 0 Å². The maximum Gasteiger partial charge on any atom is 0.311 e. The number of carbonyl (C=O) groups is 1. The summed E-state index contributed by atoms with van der Waals surface area (Å²) < 4.78 is 51.2. The molecule has 1 saturated heterocycles. The molecule has 0 aliphatic carbocycles. The summed E-state index contributed by atoms with van der Waals surface area (Å²) >= 11 is 0. The molecule has 3 atom stereocenters. The maximum absolute atomic E-state index is 13.7. The van der Waals surface area contributed by atoms with Gasteiger partial charge >= 0.3 is 5.97 Å². The van der Waals surface area contributed by atoms with Crippen LogP contribution in [0.15, 0.2) is 71.6 Å². The first-order chi connectivity index (χ1) is 20.8. The van der Waals surface area contributed by atoms with Crippen molar-refractivity contribution < 1.29 is 32.2 Å². The van der Waals surface area contributed by atoms with Gasteiger partial charge in [-0.2, -0.15) is 4.31 Å². The van der Waals surface area contributed by atoms with Gasteiger partial charge in [-0.3, -0.25) is 9.69 Å². The zero-order valence-corrected chi connectivity index (χ0v) is 26.0. The number of nitrogens with zero attached hydrogens (tertiary/aromatic N) is 2. The van der Waals surface area contributed by atoms with Crippen LogP contribution in [0.3, 0.4) is 0 Å². The Hall–Kier alpha value is -3.60. The molecule has 0 N–H and O–H groups in total. The summed E-state index contributed by atoms with van der Waals surface area (Å²) in [7, 11) is -2.09. The molecule has 10 heteroatoms. The van der Waals surface area contributed by atoms with E-state index in [4.69, 9.17) is 18.9 Å². The predicted molar refractivity (Wildman–Crippen MR) is 163 cm³/mol. The highest BCUT2D eigenvalue weighted by Gasteiger charge is 2.48. The zero-order valence-electron chi connectivity index (χ0n) is 25.2. The summed E-state index contributed by atoms with van der Waals surface area (Å²) in [5.41, 5.74) is 2.88. The number of esters is 1. The Morgan fingerprint density at radius 2 is 1.65 bits per heavy atom. The van der Waals surface area contributed by atoms with Crippen molar-refractivity contribution in [3.05, 3.63) is 83.4 Å². The molecule has 230 valence electrons. The molecule has 0 radical (unpaired) electrons. The average molecular weight is 609 g/mol. The van der Waals surface area contributed by atoms with Gasteiger partial charge in [0, 0.05) is 38.1 Å². The molecule has 0 amide bonds. The van der Waals surface area contributed by atoms with Crippen LogP contribution in [0.2, 0.25) is 0 Å². The largest absolute Gasteiger partial charge is 0.497 e. The summed E-state index contributed by atoms with van der Waals surface area (Å²) in [6, 6.07) is 20.1. The number of hydrogen-bond acceptors (Lipinski definition) is 8. The van der Waals surface area contributed by atoms with Crippen LogP contribution in [0.1, 0.15) is 48.9 Å². The molecular weight excluding hydrogens is 568 g/mol. The second-order valence-corrected chi connectivity index (χ2v) is 12.9. The molecule has 0 bridgehead atoms. The van der Waals surface area contributed by atoms with Gasteiger partial charge in [0.05, 0.1) is 24.5 Å². The molecule has 0 unspecified atom stereocenters. The van der Waals surface area contributed by atoms with Crippen molar-refractivity contribution in [3.63, 3.8) is 0 Å². The van der Waals surface area contributed by atoms with Crippen LogP contribution < -0.4 is 14.2 Å². The first kappa shape index (κ1) is 30.8. The number of methoxy groups -OCH3 is 1. The number of likely N-dealkylation sites (tertiary alicyclic amines) is 1. The average Bonchev–Trinajstić information content (AvgIpc) is 3.64. The lowest BCUT2D eigenvalue weighted by Gasteiger charge is -2.30. The number of ether oxygens (including phenoxy) is 4. The van der Waals surface area contributed by atoms with E-state index in [-0.39, 0.29) is 42.8 Å². The van der Waals surface area contributed by atoms with E-state index in [0.29, 0.717) is 43.3 Å². The minimum Gasteiger partial charge on any atom is -0.497 e. The quantitative estimate of drug-likeness (QED) is 0.261. The van der Waals surface area contributed by atoms with E-state index < -0.39 is 15.9 Å². The normalized spacial score (nSPS) is 20.0. The second kappa shape index (κ2) is 13.4. The van der Waals surface area contributed by atoms with Crippen molar-refractivity contribution in [2.24, 2.45) is 5.92 Å². The van der Waals surface area contributed by atoms with Gasteiger partial charge in [0.2, 0.25) is 16.8 Å². The van der Waals surface area contributed by atoms with Crippen LogP contribution in [0, 0.1) is 12.8 Å². The third-order valence-corrected chi connectivity index (χ3v) is 10.1. The summed E-state index contributed by atoms with van der Waals surface area (Å²) in [5, 5.41) is 0. The van der Waals surface area contributed by atoms with Gasteiger partial charge in [0.1, 0.15) is 5.75 Å². The molecule has 2 heterocycles. The molecule has 3 aromatic rings. The third kappa shape index (κ3) is 6.51. The number of benzene rings is 3. The Kier molecular flexibility index (Phi) is 9.59. The Morgan fingerprint density at radius 3 is 2.33 bits per heavy atom. The van der Waals surface area contributed by atoms with Gasteiger partial charge in [0.25, 0.3) is 0 Å². The van der Waals surface area contributed by atoms with Gasteiger partial charge in [-0.15, -0.1) is 0 Å². The van der Waals surface area contributed by atoms with Crippen molar-refractivity contribution in [2.45, 2.75) is 44.0 Å². The van der Waals surface area contributed by atoms with Gasteiger partial charge in [-0.1, -0.05) is 42.8 Å². The Bertz CT molecular complexity index is 1510. The van der Waals surface area contributed by atoms with Crippen molar-refractivity contribution in [1.82, 2.24) is 9.21 Å². The number of sulfonamides is 1. The van der Waals surface area contributed by atoms with Gasteiger partial charge in [-0.25, -0.2) is 8.42 Å². The van der Waals surface area contributed by atoms with Crippen molar-refractivity contribution in [3.8, 4) is 17.2 Å². The van der Waals surface area contributed by atoms with E-state index in [2.05, 4.69) is 4.90 Å². The molecule has 3 aromatic carbocycles. The van der Waals surface area contributed by atoms with Crippen LogP contribution in [0.25, 0.3) is 0 Å². The monoisotopic (exact) mass is 608 g/mol. The zero-order chi connectivity index (χ0) is 30.6. The summed E-state index contributed by atoms with van der Waals surface area (Å²) in [6.45, 7) is 7.77. The van der Waals surface area contributed by atoms with Crippen LogP contribution in [-0.4, -0.2) is 70.3 Å². The molecular formula is C33H40N2O7S. The number of rotatable bonds is 12. The SMILES string of the molecule is CCCN(CCN1C[C@H](c2ccc3c(c2)OCO3)[C@@H](C(=O)OCC)[C@@H]1c1ccc(OC)cc1)S(=O)(=O)c1ccc(C)cc1.